The normalized spacial score (nSPS) is 19.6. The fourth-order valence-electron chi connectivity index (χ4n) is 2.13. The van der Waals surface area contributed by atoms with E-state index < -0.39 is 27.0 Å². The Morgan fingerprint density at radius 2 is 1.88 bits per heavy atom. The third-order valence-corrected chi connectivity index (χ3v) is 4.13. The molecule has 1 rings (SSSR count). The quantitative estimate of drug-likeness (QED) is 0.714. The van der Waals surface area contributed by atoms with Gasteiger partial charge in [0.25, 0.3) is 0 Å². The topological polar surface area (TPSA) is 89.3 Å². The highest BCUT2D eigenvalue weighted by Gasteiger charge is 2.36. The summed E-state index contributed by atoms with van der Waals surface area (Å²) in [6, 6.07) is 0. The van der Waals surface area contributed by atoms with Crippen LogP contribution in [0.5, 0.6) is 0 Å². The molecule has 3 N–H and O–H groups in total. The zero-order valence-corrected chi connectivity index (χ0v) is 11.5. The fraction of sp³-hybridized carbons (Fsp3) is 0.800. The molecule has 0 aliphatic heterocycles. The van der Waals surface area contributed by atoms with Crippen LogP contribution in [0.4, 0.5) is 0 Å². The van der Waals surface area contributed by atoms with Crippen LogP contribution < -0.4 is 11.1 Å². The van der Waals surface area contributed by atoms with E-state index in [4.69, 9.17) is 18.0 Å². The molecule has 0 aromatic heterocycles. The molecule has 7 heteroatoms. The number of amides is 1. The number of rotatable bonds is 4. The van der Waals surface area contributed by atoms with Crippen LogP contribution >= 0.6 is 12.2 Å². The average molecular weight is 278 g/mol. The standard InChI is InChI=1S/C10H18N2O3S2/c1-17(14,15)7-8(13)12-10(9(11)16)5-3-2-4-6-10/h2-7H2,1H3,(H2,11,16)(H,12,13). The molecule has 1 aliphatic carbocycles. The van der Waals surface area contributed by atoms with Crippen LogP contribution in [0.1, 0.15) is 32.1 Å². The van der Waals surface area contributed by atoms with E-state index in [2.05, 4.69) is 5.32 Å². The van der Waals surface area contributed by atoms with Crippen molar-refractivity contribution in [3.05, 3.63) is 0 Å². The number of nitrogens with two attached hydrogens (primary N) is 1. The van der Waals surface area contributed by atoms with Crippen LogP contribution in [0.15, 0.2) is 0 Å². The second kappa shape index (κ2) is 5.30. The summed E-state index contributed by atoms with van der Waals surface area (Å²) in [6.45, 7) is 0. The van der Waals surface area contributed by atoms with E-state index in [1.54, 1.807) is 0 Å². The highest BCUT2D eigenvalue weighted by Crippen LogP contribution is 2.28. The average Bonchev–Trinajstić information content (AvgIpc) is 2.15. The van der Waals surface area contributed by atoms with Gasteiger partial charge in [-0.1, -0.05) is 31.5 Å². The Kier molecular flexibility index (Phi) is 4.48. The van der Waals surface area contributed by atoms with E-state index in [0.717, 1.165) is 25.5 Å². The van der Waals surface area contributed by atoms with Gasteiger partial charge in [-0.05, 0) is 12.8 Å². The van der Waals surface area contributed by atoms with Crippen molar-refractivity contribution in [1.29, 1.82) is 0 Å². The van der Waals surface area contributed by atoms with Crippen molar-refractivity contribution in [3.63, 3.8) is 0 Å². The number of sulfone groups is 1. The first-order valence-corrected chi connectivity index (χ1v) is 8.01. The highest BCUT2D eigenvalue weighted by molar-refractivity contribution is 7.91. The zero-order valence-electron chi connectivity index (χ0n) is 9.86. The summed E-state index contributed by atoms with van der Waals surface area (Å²) in [5.74, 6) is -1.04. The summed E-state index contributed by atoms with van der Waals surface area (Å²) in [5.41, 5.74) is 5.00. The molecule has 0 unspecified atom stereocenters. The van der Waals surface area contributed by atoms with Crippen LogP contribution in [-0.2, 0) is 14.6 Å². The highest BCUT2D eigenvalue weighted by atomic mass is 32.2. The third kappa shape index (κ3) is 4.23. The minimum atomic E-state index is -3.32. The Balaban J connectivity index is 2.74. The van der Waals surface area contributed by atoms with Gasteiger partial charge in [-0.3, -0.25) is 4.79 Å². The molecule has 0 spiro atoms. The van der Waals surface area contributed by atoms with Gasteiger partial charge in [-0.25, -0.2) is 8.42 Å². The molecular formula is C10H18N2O3S2. The molecule has 1 saturated carbocycles. The predicted molar refractivity (Wildman–Crippen MR) is 70.5 cm³/mol. The zero-order chi connectivity index (χ0) is 13.1. The fourth-order valence-corrected chi connectivity index (χ4v) is 2.93. The Labute approximate surface area is 107 Å². The molecule has 0 heterocycles. The van der Waals surface area contributed by atoms with E-state index in [1.807, 2.05) is 0 Å². The first-order valence-electron chi connectivity index (χ1n) is 5.54. The summed E-state index contributed by atoms with van der Waals surface area (Å²) < 4.78 is 22.1. The van der Waals surface area contributed by atoms with Gasteiger partial charge < -0.3 is 11.1 Å². The summed E-state index contributed by atoms with van der Waals surface area (Å²) in [5, 5.41) is 2.70. The maximum atomic E-state index is 11.6. The minimum Gasteiger partial charge on any atom is -0.391 e. The van der Waals surface area contributed by atoms with E-state index >= 15 is 0 Å². The molecular weight excluding hydrogens is 260 g/mol. The van der Waals surface area contributed by atoms with Crippen molar-refractivity contribution in [2.75, 3.05) is 12.0 Å². The van der Waals surface area contributed by atoms with E-state index in [-0.39, 0.29) is 4.99 Å². The lowest BCUT2D eigenvalue weighted by Crippen LogP contribution is -2.58. The van der Waals surface area contributed by atoms with Gasteiger partial charge in [0.05, 0.1) is 10.5 Å². The number of thiocarbonyl (C=S) groups is 1. The van der Waals surface area contributed by atoms with Crippen LogP contribution in [0, 0.1) is 0 Å². The van der Waals surface area contributed by atoms with Crippen molar-refractivity contribution in [1.82, 2.24) is 5.32 Å². The smallest absolute Gasteiger partial charge is 0.235 e. The van der Waals surface area contributed by atoms with Crippen molar-refractivity contribution in [3.8, 4) is 0 Å². The Morgan fingerprint density at radius 3 is 2.29 bits per heavy atom. The Morgan fingerprint density at radius 1 is 1.35 bits per heavy atom. The van der Waals surface area contributed by atoms with Gasteiger partial charge in [-0.2, -0.15) is 0 Å². The minimum absolute atomic E-state index is 0.249. The number of nitrogens with one attached hydrogen (secondary N) is 1. The molecule has 0 saturated heterocycles. The molecule has 0 atom stereocenters. The van der Waals surface area contributed by atoms with Gasteiger partial charge in [0.15, 0.2) is 9.84 Å². The summed E-state index contributed by atoms with van der Waals surface area (Å²) in [7, 11) is -3.32. The Hall–Kier alpha value is -0.690. The predicted octanol–water partition coefficient (Wildman–Crippen LogP) is 0.136. The third-order valence-electron chi connectivity index (χ3n) is 2.95. The monoisotopic (exact) mass is 278 g/mol. The molecule has 98 valence electrons. The molecule has 1 aliphatic rings. The first kappa shape index (κ1) is 14.4. The number of carbonyl (C=O) groups is 1. The van der Waals surface area contributed by atoms with Crippen molar-refractivity contribution >= 4 is 33.0 Å². The molecule has 1 amide bonds. The van der Waals surface area contributed by atoms with E-state index in [0.29, 0.717) is 12.8 Å². The number of hydrogen-bond donors (Lipinski definition) is 2. The molecule has 0 aromatic rings. The molecule has 0 radical (unpaired) electrons. The van der Waals surface area contributed by atoms with Gasteiger partial charge >= 0.3 is 0 Å². The number of carbonyl (C=O) groups excluding carboxylic acids is 1. The van der Waals surface area contributed by atoms with E-state index in [1.165, 1.54) is 0 Å². The number of hydrogen-bond acceptors (Lipinski definition) is 4. The van der Waals surface area contributed by atoms with Crippen LogP contribution in [0.2, 0.25) is 0 Å². The second-order valence-corrected chi connectivity index (χ2v) is 7.21. The van der Waals surface area contributed by atoms with Gasteiger partial charge in [-0.15, -0.1) is 0 Å². The van der Waals surface area contributed by atoms with E-state index in [9.17, 15) is 13.2 Å². The van der Waals surface area contributed by atoms with Gasteiger partial charge in [0, 0.05) is 6.26 Å². The van der Waals surface area contributed by atoms with Crippen molar-refractivity contribution in [2.45, 2.75) is 37.6 Å². The SMILES string of the molecule is CS(=O)(=O)CC(=O)NC1(C(N)=S)CCCCC1. The molecule has 5 nitrogen and oxygen atoms in total. The molecule has 1 fully saturated rings. The summed E-state index contributed by atoms with van der Waals surface area (Å²) >= 11 is 5.00. The van der Waals surface area contributed by atoms with Crippen molar-refractivity contribution in [2.24, 2.45) is 5.73 Å². The maximum absolute atomic E-state index is 11.6. The molecule has 0 aromatic carbocycles. The lowest BCUT2D eigenvalue weighted by molar-refractivity contribution is -0.120. The van der Waals surface area contributed by atoms with Gasteiger partial charge in [0.1, 0.15) is 5.75 Å². The van der Waals surface area contributed by atoms with Crippen LogP contribution in [-0.4, -0.2) is 36.9 Å². The Bertz CT molecular complexity index is 411. The first-order chi connectivity index (χ1) is 7.75. The second-order valence-electron chi connectivity index (χ2n) is 4.63. The van der Waals surface area contributed by atoms with Crippen molar-refractivity contribution < 1.29 is 13.2 Å². The summed E-state index contributed by atoms with van der Waals surface area (Å²) in [4.78, 5) is 11.9. The molecule has 0 bridgehead atoms. The maximum Gasteiger partial charge on any atom is 0.235 e. The molecule has 17 heavy (non-hydrogen) atoms. The lowest BCUT2D eigenvalue weighted by atomic mass is 9.81. The largest absolute Gasteiger partial charge is 0.391 e. The van der Waals surface area contributed by atoms with Crippen LogP contribution in [0.25, 0.3) is 0 Å². The lowest BCUT2D eigenvalue weighted by Gasteiger charge is -2.37. The van der Waals surface area contributed by atoms with Gasteiger partial charge in [0.2, 0.25) is 5.91 Å². The van der Waals surface area contributed by atoms with Crippen LogP contribution in [0.3, 0.4) is 0 Å². The summed E-state index contributed by atoms with van der Waals surface area (Å²) in [6.07, 6.45) is 5.38.